The van der Waals surface area contributed by atoms with E-state index in [1.54, 1.807) is 0 Å². The van der Waals surface area contributed by atoms with E-state index in [1.165, 1.54) is 0 Å². The average molecular weight is 305 g/mol. The van der Waals surface area contributed by atoms with E-state index >= 15 is 0 Å². The molecule has 0 unspecified atom stereocenters. The molecule has 5 nitrogen and oxygen atoms in total. The Balaban J connectivity index is 2.51. The van der Waals surface area contributed by atoms with Gasteiger partial charge in [-0.05, 0) is 31.4 Å². The molecular weight excluding hydrogens is 292 g/mol. The number of aliphatic carboxylic acids is 1. The lowest BCUT2D eigenvalue weighted by atomic mass is 10.1. The van der Waals surface area contributed by atoms with Crippen LogP contribution in [0, 0.1) is 11.6 Å². The van der Waals surface area contributed by atoms with Crippen LogP contribution < -0.4 is 0 Å². The van der Waals surface area contributed by atoms with Crippen LogP contribution >= 0.6 is 0 Å². The monoisotopic (exact) mass is 305 g/mol. The first-order chi connectivity index (χ1) is 9.35. The minimum absolute atomic E-state index is 0.0624. The van der Waals surface area contributed by atoms with Gasteiger partial charge in [-0.15, -0.1) is 0 Å². The SMILES string of the molecule is O=C(O)[C@H]1CCCCN1S(=O)(=O)c1c(F)cccc1F. The summed E-state index contributed by atoms with van der Waals surface area (Å²) in [5, 5.41) is 9.06. The highest BCUT2D eigenvalue weighted by atomic mass is 32.2. The maximum atomic E-state index is 13.6. The molecular formula is C12H13F2NO4S. The predicted octanol–water partition coefficient (Wildman–Crippen LogP) is 1.59. The average Bonchev–Trinajstić information content (AvgIpc) is 2.38. The Morgan fingerprint density at radius 3 is 2.40 bits per heavy atom. The molecule has 1 saturated heterocycles. The van der Waals surface area contributed by atoms with Crippen molar-refractivity contribution in [3.8, 4) is 0 Å². The topological polar surface area (TPSA) is 74.7 Å². The molecule has 20 heavy (non-hydrogen) atoms. The molecule has 0 saturated carbocycles. The third-order valence-corrected chi connectivity index (χ3v) is 5.18. The van der Waals surface area contributed by atoms with E-state index in [-0.39, 0.29) is 13.0 Å². The number of carboxylic acids is 1. The lowest BCUT2D eigenvalue weighted by Crippen LogP contribution is -2.48. The second-order valence-electron chi connectivity index (χ2n) is 4.52. The molecule has 1 N–H and O–H groups in total. The molecule has 0 spiro atoms. The largest absolute Gasteiger partial charge is 0.480 e. The van der Waals surface area contributed by atoms with Crippen LogP contribution in [0.5, 0.6) is 0 Å². The van der Waals surface area contributed by atoms with E-state index in [2.05, 4.69) is 0 Å². The van der Waals surface area contributed by atoms with E-state index in [1.807, 2.05) is 0 Å². The van der Waals surface area contributed by atoms with Crippen molar-refractivity contribution in [2.24, 2.45) is 0 Å². The molecule has 1 aromatic carbocycles. The van der Waals surface area contributed by atoms with Gasteiger partial charge in [0.1, 0.15) is 17.7 Å². The fourth-order valence-corrected chi connectivity index (χ4v) is 4.05. The minimum Gasteiger partial charge on any atom is -0.480 e. The standard InChI is InChI=1S/C12H13F2NO4S/c13-8-4-3-5-9(14)11(8)20(18,19)15-7-2-1-6-10(15)12(16)17/h3-5,10H,1-2,6-7H2,(H,16,17)/t10-/m1/s1. The molecule has 1 atom stereocenters. The molecule has 1 heterocycles. The molecule has 0 aliphatic carbocycles. The van der Waals surface area contributed by atoms with Crippen LogP contribution in [-0.2, 0) is 14.8 Å². The van der Waals surface area contributed by atoms with Crippen molar-refractivity contribution in [3.63, 3.8) is 0 Å². The summed E-state index contributed by atoms with van der Waals surface area (Å²) in [6.07, 6.45) is 1.15. The number of rotatable bonds is 3. The molecule has 0 radical (unpaired) electrons. The summed E-state index contributed by atoms with van der Waals surface area (Å²) in [6, 6.07) is 1.42. The Morgan fingerprint density at radius 1 is 1.25 bits per heavy atom. The first kappa shape index (κ1) is 14.9. The number of hydrogen-bond acceptors (Lipinski definition) is 3. The maximum absolute atomic E-state index is 13.6. The van der Waals surface area contributed by atoms with Gasteiger partial charge in [-0.2, -0.15) is 4.31 Å². The van der Waals surface area contributed by atoms with Gasteiger partial charge in [-0.1, -0.05) is 6.07 Å². The smallest absolute Gasteiger partial charge is 0.322 e. The van der Waals surface area contributed by atoms with Crippen molar-refractivity contribution in [1.29, 1.82) is 0 Å². The van der Waals surface area contributed by atoms with Crippen LogP contribution in [0.3, 0.4) is 0 Å². The number of benzene rings is 1. The summed E-state index contributed by atoms with van der Waals surface area (Å²) in [7, 11) is -4.52. The van der Waals surface area contributed by atoms with E-state index in [4.69, 9.17) is 5.11 Å². The Morgan fingerprint density at radius 2 is 1.85 bits per heavy atom. The van der Waals surface area contributed by atoms with Crippen molar-refractivity contribution in [2.45, 2.75) is 30.2 Å². The number of nitrogens with zero attached hydrogens (tertiary/aromatic N) is 1. The van der Waals surface area contributed by atoms with Gasteiger partial charge in [0.05, 0.1) is 0 Å². The highest BCUT2D eigenvalue weighted by Crippen LogP contribution is 2.28. The normalized spacial score (nSPS) is 20.8. The summed E-state index contributed by atoms with van der Waals surface area (Å²) in [4.78, 5) is 10.0. The molecule has 110 valence electrons. The van der Waals surface area contributed by atoms with Gasteiger partial charge >= 0.3 is 5.97 Å². The second kappa shape index (κ2) is 5.45. The Bertz CT molecular complexity index is 612. The molecule has 1 aromatic rings. The third-order valence-electron chi connectivity index (χ3n) is 3.22. The van der Waals surface area contributed by atoms with Gasteiger partial charge in [0.25, 0.3) is 0 Å². The van der Waals surface area contributed by atoms with E-state index in [9.17, 15) is 22.0 Å². The van der Waals surface area contributed by atoms with Crippen molar-refractivity contribution in [1.82, 2.24) is 4.31 Å². The highest BCUT2D eigenvalue weighted by Gasteiger charge is 2.40. The van der Waals surface area contributed by atoms with Crippen LogP contribution in [0.4, 0.5) is 8.78 Å². The zero-order valence-electron chi connectivity index (χ0n) is 10.4. The fraction of sp³-hybridized carbons (Fsp3) is 0.417. The minimum atomic E-state index is -4.52. The van der Waals surface area contributed by atoms with Crippen molar-refractivity contribution < 1.29 is 27.1 Å². The number of sulfonamides is 1. The molecule has 1 aliphatic heterocycles. The van der Waals surface area contributed by atoms with Crippen molar-refractivity contribution in [2.75, 3.05) is 6.54 Å². The summed E-state index contributed by atoms with van der Waals surface area (Å²) >= 11 is 0. The maximum Gasteiger partial charge on any atom is 0.322 e. The molecule has 0 aromatic heterocycles. The van der Waals surface area contributed by atoms with E-state index in [0.29, 0.717) is 17.1 Å². The van der Waals surface area contributed by atoms with Crippen molar-refractivity contribution >= 4 is 16.0 Å². The summed E-state index contributed by atoms with van der Waals surface area (Å²) in [6.45, 7) is -0.0624. The second-order valence-corrected chi connectivity index (χ2v) is 6.34. The Kier molecular flexibility index (Phi) is 4.05. The summed E-state index contributed by atoms with van der Waals surface area (Å²) < 4.78 is 52.6. The lowest BCUT2D eigenvalue weighted by molar-refractivity contribution is -0.142. The van der Waals surface area contributed by atoms with Gasteiger partial charge in [0, 0.05) is 6.54 Å². The first-order valence-corrected chi connectivity index (χ1v) is 7.48. The number of hydrogen-bond donors (Lipinski definition) is 1. The molecule has 0 bridgehead atoms. The van der Waals surface area contributed by atoms with Gasteiger partial charge in [-0.25, -0.2) is 17.2 Å². The summed E-state index contributed by atoms with van der Waals surface area (Å²) in [5.74, 6) is -3.76. The quantitative estimate of drug-likeness (QED) is 0.920. The molecule has 1 fully saturated rings. The molecule has 1 aliphatic rings. The van der Waals surface area contributed by atoms with Crippen LogP contribution in [-0.4, -0.2) is 36.4 Å². The van der Waals surface area contributed by atoms with Crippen LogP contribution in [0.15, 0.2) is 23.1 Å². The third kappa shape index (κ3) is 2.53. The highest BCUT2D eigenvalue weighted by molar-refractivity contribution is 7.89. The number of piperidine rings is 1. The Hall–Kier alpha value is -1.54. The number of carbonyl (C=O) groups is 1. The van der Waals surface area contributed by atoms with E-state index in [0.717, 1.165) is 18.2 Å². The fourth-order valence-electron chi connectivity index (χ4n) is 2.29. The van der Waals surface area contributed by atoms with Crippen molar-refractivity contribution in [3.05, 3.63) is 29.8 Å². The number of carboxylic acid groups (broad SMARTS) is 1. The van der Waals surface area contributed by atoms with Gasteiger partial charge < -0.3 is 5.11 Å². The van der Waals surface area contributed by atoms with E-state index < -0.39 is 38.6 Å². The number of halogens is 2. The summed E-state index contributed by atoms with van der Waals surface area (Å²) in [5.41, 5.74) is 0. The van der Waals surface area contributed by atoms with Crippen LogP contribution in [0.2, 0.25) is 0 Å². The zero-order chi connectivity index (χ0) is 14.9. The Labute approximate surface area is 114 Å². The molecule has 8 heteroatoms. The van der Waals surface area contributed by atoms with Crippen LogP contribution in [0.1, 0.15) is 19.3 Å². The van der Waals surface area contributed by atoms with Gasteiger partial charge in [0.15, 0.2) is 4.90 Å². The first-order valence-electron chi connectivity index (χ1n) is 6.04. The van der Waals surface area contributed by atoms with Gasteiger partial charge in [0.2, 0.25) is 10.0 Å². The van der Waals surface area contributed by atoms with Gasteiger partial charge in [-0.3, -0.25) is 4.79 Å². The zero-order valence-corrected chi connectivity index (χ0v) is 11.2. The lowest BCUT2D eigenvalue weighted by Gasteiger charge is -2.31. The molecule has 0 amide bonds. The molecule has 2 rings (SSSR count). The van der Waals surface area contributed by atoms with Crippen LogP contribution in [0.25, 0.3) is 0 Å². The predicted molar refractivity (Wildman–Crippen MR) is 65.5 cm³/mol.